The lowest BCUT2D eigenvalue weighted by molar-refractivity contribution is 0.0691. The normalized spacial score (nSPS) is 15.7. The Morgan fingerprint density at radius 1 is 1.28 bits per heavy atom. The van der Waals surface area contributed by atoms with Gasteiger partial charge >= 0.3 is 0 Å². The molecule has 25 heavy (non-hydrogen) atoms. The van der Waals surface area contributed by atoms with Crippen molar-refractivity contribution >= 4 is 28.5 Å². The molecule has 0 unspecified atom stereocenters. The predicted molar refractivity (Wildman–Crippen MR) is 97.0 cm³/mol. The molecule has 4 rings (SSSR count). The second kappa shape index (κ2) is 6.16. The SMILES string of the molecule is CC(C)N1CC(n2nc(Oc3cccc(Cl)c3)c3c(N)ncnc32)C1. The summed E-state index contributed by atoms with van der Waals surface area (Å²) in [5, 5.41) is 5.86. The molecule has 1 aromatic carbocycles. The first-order valence-electron chi connectivity index (χ1n) is 8.19. The topological polar surface area (TPSA) is 82.1 Å². The number of anilines is 1. The lowest BCUT2D eigenvalue weighted by Crippen LogP contribution is -2.51. The van der Waals surface area contributed by atoms with E-state index >= 15 is 0 Å². The molecule has 1 fully saturated rings. The van der Waals surface area contributed by atoms with Crippen LogP contribution in [0.4, 0.5) is 5.82 Å². The molecule has 0 spiro atoms. The molecule has 0 radical (unpaired) electrons. The number of hydrogen-bond acceptors (Lipinski definition) is 6. The number of likely N-dealkylation sites (tertiary alicyclic amines) is 1. The van der Waals surface area contributed by atoms with E-state index in [1.165, 1.54) is 6.33 Å². The average molecular weight is 359 g/mol. The summed E-state index contributed by atoms with van der Waals surface area (Å²) in [6, 6.07) is 7.92. The molecule has 0 aliphatic carbocycles. The summed E-state index contributed by atoms with van der Waals surface area (Å²) < 4.78 is 7.83. The summed E-state index contributed by atoms with van der Waals surface area (Å²) in [5.41, 5.74) is 6.76. The number of halogens is 1. The Balaban J connectivity index is 1.72. The minimum absolute atomic E-state index is 0.246. The van der Waals surface area contributed by atoms with Crippen molar-refractivity contribution in [3.63, 3.8) is 0 Å². The van der Waals surface area contributed by atoms with Gasteiger partial charge in [-0.05, 0) is 32.0 Å². The molecule has 0 saturated carbocycles. The Labute approximate surface area is 150 Å². The Hall–Kier alpha value is -2.38. The fraction of sp³-hybridized carbons (Fsp3) is 0.353. The summed E-state index contributed by atoms with van der Waals surface area (Å²) in [6.07, 6.45) is 1.46. The maximum atomic E-state index is 6.07. The first-order chi connectivity index (χ1) is 12.0. The van der Waals surface area contributed by atoms with Gasteiger partial charge in [0, 0.05) is 24.2 Å². The molecule has 1 saturated heterocycles. The molecule has 0 atom stereocenters. The van der Waals surface area contributed by atoms with Crippen molar-refractivity contribution in [2.24, 2.45) is 0 Å². The minimum Gasteiger partial charge on any atom is -0.437 e. The van der Waals surface area contributed by atoms with Crippen LogP contribution in [0.5, 0.6) is 11.6 Å². The fourth-order valence-corrected chi connectivity index (χ4v) is 3.18. The van der Waals surface area contributed by atoms with Gasteiger partial charge in [-0.3, -0.25) is 4.90 Å². The Morgan fingerprint density at radius 2 is 2.08 bits per heavy atom. The van der Waals surface area contributed by atoms with Crippen molar-refractivity contribution in [3.8, 4) is 11.6 Å². The van der Waals surface area contributed by atoms with E-state index in [0.717, 1.165) is 13.1 Å². The number of ether oxygens (including phenoxy) is 1. The van der Waals surface area contributed by atoms with Gasteiger partial charge in [-0.15, -0.1) is 5.10 Å². The van der Waals surface area contributed by atoms with Crippen LogP contribution in [0.2, 0.25) is 5.02 Å². The fourth-order valence-electron chi connectivity index (χ4n) is 3.00. The third kappa shape index (κ3) is 2.89. The lowest BCUT2D eigenvalue weighted by atomic mass is 10.1. The number of nitrogens with zero attached hydrogens (tertiary/aromatic N) is 5. The number of nitrogens with two attached hydrogens (primary N) is 1. The minimum atomic E-state index is 0.246. The highest BCUT2D eigenvalue weighted by atomic mass is 35.5. The van der Waals surface area contributed by atoms with Crippen molar-refractivity contribution in [2.75, 3.05) is 18.8 Å². The van der Waals surface area contributed by atoms with Crippen molar-refractivity contribution in [1.29, 1.82) is 0 Å². The van der Waals surface area contributed by atoms with E-state index in [2.05, 4.69) is 33.8 Å². The van der Waals surface area contributed by atoms with E-state index in [9.17, 15) is 0 Å². The van der Waals surface area contributed by atoms with E-state index < -0.39 is 0 Å². The summed E-state index contributed by atoms with van der Waals surface area (Å²) >= 11 is 6.03. The quantitative estimate of drug-likeness (QED) is 0.771. The van der Waals surface area contributed by atoms with E-state index in [0.29, 0.717) is 39.5 Å². The van der Waals surface area contributed by atoms with Crippen LogP contribution in [0.15, 0.2) is 30.6 Å². The van der Waals surface area contributed by atoms with Crippen LogP contribution in [0.3, 0.4) is 0 Å². The van der Waals surface area contributed by atoms with Crippen molar-refractivity contribution in [1.82, 2.24) is 24.6 Å². The van der Waals surface area contributed by atoms with Gasteiger partial charge in [0.15, 0.2) is 5.65 Å². The molecule has 3 heterocycles. The van der Waals surface area contributed by atoms with Gasteiger partial charge in [-0.1, -0.05) is 17.7 Å². The summed E-state index contributed by atoms with van der Waals surface area (Å²) in [7, 11) is 0. The van der Waals surface area contributed by atoms with Gasteiger partial charge in [-0.2, -0.15) is 0 Å². The molecule has 3 aromatic rings. The van der Waals surface area contributed by atoms with Crippen LogP contribution in [-0.2, 0) is 0 Å². The Morgan fingerprint density at radius 3 is 2.80 bits per heavy atom. The Kier molecular flexibility index (Phi) is 3.97. The number of hydrogen-bond donors (Lipinski definition) is 1. The van der Waals surface area contributed by atoms with Gasteiger partial charge in [0.05, 0.1) is 6.04 Å². The van der Waals surface area contributed by atoms with Crippen molar-refractivity contribution in [2.45, 2.75) is 25.9 Å². The average Bonchev–Trinajstić information content (AvgIpc) is 2.85. The van der Waals surface area contributed by atoms with Crippen LogP contribution < -0.4 is 10.5 Å². The van der Waals surface area contributed by atoms with Crippen LogP contribution in [0.1, 0.15) is 19.9 Å². The van der Waals surface area contributed by atoms with E-state index in [-0.39, 0.29) is 6.04 Å². The molecule has 2 aromatic heterocycles. The number of nitrogen functional groups attached to an aromatic ring is 1. The first kappa shape index (κ1) is 16.1. The molecule has 7 nitrogen and oxygen atoms in total. The van der Waals surface area contributed by atoms with Gasteiger partial charge in [0.2, 0.25) is 0 Å². The zero-order valence-electron chi connectivity index (χ0n) is 14.1. The summed E-state index contributed by atoms with van der Waals surface area (Å²) in [4.78, 5) is 10.8. The van der Waals surface area contributed by atoms with Crippen LogP contribution in [0, 0.1) is 0 Å². The number of fused-ring (bicyclic) bond motifs is 1. The van der Waals surface area contributed by atoms with Crippen LogP contribution >= 0.6 is 11.6 Å². The second-order valence-corrected chi connectivity index (χ2v) is 6.90. The van der Waals surface area contributed by atoms with Gasteiger partial charge in [0.25, 0.3) is 5.88 Å². The highest BCUT2D eigenvalue weighted by Crippen LogP contribution is 2.35. The van der Waals surface area contributed by atoms with Gasteiger partial charge in [0.1, 0.15) is 23.3 Å². The monoisotopic (exact) mass is 358 g/mol. The van der Waals surface area contributed by atoms with E-state index in [4.69, 9.17) is 22.1 Å². The lowest BCUT2D eigenvalue weighted by Gasteiger charge is -2.41. The molecular formula is C17H19ClN6O. The predicted octanol–water partition coefficient (Wildman–Crippen LogP) is 3.12. The molecule has 1 aliphatic rings. The maximum absolute atomic E-state index is 6.07. The zero-order valence-corrected chi connectivity index (χ0v) is 14.8. The molecular weight excluding hydrogens is 340 g/mol. The molecule has 0 bridgehead atoms. The standard InChI is InChI=1S/C17H19ClN6O/c1-10(2)23-7-12(8-23)24-16-14(15(19)20-9-21-16)17(22-24)25-13-5-3-4-11(18)6-13/h3-6,9-10,12H,7-8H2,1-2H3,(H2,19,20,21). The highest BCUT2D eigenvalue weighted by Gasteiger charge is 2.33. The van der Waals surface area contributed by atoms with E-state index in [1.807, 2.05) is 16.8 Å². The third-order valence-corrected chi connectivity index (χ3v) is 4.70. The van der Waals surface area contributed by atoms with Gasteiger partial charge < -0.3 is 10.5 Å². The summed E-state index contributed by atoms with van der Waals surface area (Å²) in [6.45, 7) is 6.22. The molecule has 0 amide bonds. The highest BCUT2D eigenvalue weighted by molar-refractivity contribution is 6.30. The van der Waals surface area contributed by atoms with Crippen LogP contribution in [0.25, 0.3) is 11.0 Å². The molecule has 130 valence electrons. The maximum Gasteiger partial charge on any atom is 0.251 e. The van der Waals surface area contributed by atoms with Crippen molar-refractivity contribution < 1.29 is 4.74 Å². The smallest absolute Gasteiger partial charge is 0.251 e. The molecule has 1 aliphatic heterocycles. The van der Waals surface area contributed by atoms with Crippen molar-refractivity contribution in [3.05, 3.63) is 35.6 Å². The summed E-state index contributed by atoms with van der Waals surface area (Å²) in [5.74, 6) is 1.35. The zero-order chi connectivity index (χ0) is 17.6. The number of aromatic nitrogens is 4. The molecule has 2 N–H and O–H groups in total. The number of benzene rings is 1. The third-order valence-electron chi connectivity index (χ3n) is 4.46. The van der Waals surface area contributed by atoms with Gasteiger partial charge in [-0.25, -0.2) is 14.6 Å². The molecule has 8 heteroatoms. The Bertz CT molecular complexity index is 919. The second-order valence-electron chi connectivity index (χ2n) is 6.47. The van der Waals surface area contributed by atoms with E-state index in [1.54, 1.807) is 12.1 Å². The first-order valence-corrected chi connectivity index (χ1v) is 8.57. The largest absolute Gasteiger partial charge is 0.437 e. The van der Waals surface area contributed by atoms with Crippen LogP contribution in [-0.4, -0.2) is 43.8 Å². The number of rotatable bonds is 4.